The number of hydrogen-bond donors (Lipinski definition) is 4. The molecule has 0 saturated heterocycles. The van der Waals surface area contributed by atoms with E-state index in [4.69, 9.17) is 14.2 Å². The molecule has 1 amide bonds. The van der Waals surface area contributed by atoms with Crippen molar-refractivity contribution in [3.8, 4) is 23.0 Å². The fraction of sp³-hybridized carbons (Fsp3) is 0.261. The monoisotopic (exact) mass is 467 g/mol. The van der Waals surface area contributed by atoms with E-state index in [1.54, 1.807) is 24.3 Å². The molecule has 5 rings (SSSR count). The molecule has 0 bridgehead atoms. The topological polar surface area (TPSA) is 127 Å². The highest BCUT2D eigenvalue weighted by molar-refractivity contribution is 5.98. The van der Waals surface area contributed by atoms with Crippen LogP contribution in [0.15, 0.2) is 36.5 Å². The van der Waals surface area contributed by atoms with Crippen LogP contribution in [0.2, 0.25) is 0 Å². The van der Waals surface area contributed by atoms with E-state index in [-0.39, 0.29) is 35.1 Å². The molecular weight excluding hydrogens is 445 g/mol. The van der Waals surface area contributed by atoms with Crippen molar-refractivity contribution in [3.63, 3.8) is 0 Å². The van der Waals surface area contributed by atoms with E-state index in [1.165, 1.54) is 20.3 Å². The van der Waals surface area contributed by atoms with Gasteiger partial charge in [-0.3, -0.25) is 4.79 Å². The summed E-state index contributed by atoms with van der Waals surface area (Å²) >= 11 is 0. The van der Waals surface area contributed by atoms with Gasteiger partial charge in [-0.05, 0) is 31.0 Å². The fourth-order valence-electron chi connectivity index (χ4n) is 3.71. The van der Waals surface area contributed by atoms with E-state index in [0.717, 1.165) is 19.0 Å². The third-order valence-corrected chi connectivity index (χ3v) is 5.52. The van der Waals surface area contributed by atoms with E-state index in [1.807, 2.05) is 0 Å². The van der Waals surface area contributed by atoms with Gasteiger partial charge in [-0.15, -0.1) is 0 Å². The molecular formula is C23H22FN5O5. The number of anilines is 5. The minimum atomic E-state index is -0.674. The Morgan fingerprint density at radius 3 is 2.71 bits per heavy atom. The second-order valence-corrected chi connectivity index (χ2v) is 7.95. The Kier molecular flexibility index (Phi) is 5.44. The number of fused-ring (bicyclic) bond motifs is 1. The van der Waals surface area contributed by atoms with Gasteiger partial charge in [0.05, 0.1) is 26.1 Å². The predicted molar refractivity (Wildman–Crippen MR) is 122 cm³/mol. The van der Waals surface area contributed by atoms with Gasteiger partial charge in [-0.25, -0.2) is 9.37 Å². The van der Waals surface area contributed by atoms with Crippen LogP contribution >= 0.6 is 0 Å². The van der Waals surface area contributed by atoms with Gasteiger partial charge >= 0.3 is 0 Å². The molecule has 4 N–H and O–H groups in total. The molecule has 1 unspecified atom stereocenters. The van der Waals surface area contributed by atoms with Gasteiger partial charge in [0, 0.05) is 29.4 Å². The lowest BCUT2D eigenvalue weighted by Gasteiger charge is -2.26. The molecule has 1 aromatic heterocycles. The number of carbonyl (C=O) groups is 1. The number of ether oxygens (including phenoxy) is 3. The molecule has 0 spiro atoms. The number of halogens is 1. The predicted octanol–water partition coefficient (Wildman–Crippen LogP) is 3.94. The Labute approximate surface area is 194 Å². The second-order valence-electron chi connectivity index (χ2n) is 7.95. The van der Waals surface area contributed by atoms with Crippen molar-refractivity contribution in [2.45, 2.75) is 18.9 Å². The second kappa shape index (κ2) is 8.58. The smallest absolute Gasteiger partial charge is 0.265 e. The molecule has 176 valence electrons. The van der Waals surface area contributed by atoms with E-state index in [0.29, 0.717) is 28.6 Å². The van der Waals surface area contributed by atoms with Gasteiger partial charge in [0.1, 0.15) is 5.75 Å². The first-order valence-electron chi connectivity index (χ1n) is 10.6. The Balaban J connectivity index is 1.35. The summed E-state index contributed by atoms with van der Waals surface area (Å²) in [5, 5.41) is 18.8. The first kappa shape index (κ1) is 21.6. The molecule has 10 nitrogen and oxygen atoms in total. The lowest BCUT2D eigenvalue weighted by atomic mass is 10.1. The number of nitrogens with one attached hydrogen (secondary N) is 3. The molecule has 1 fully saturated rings. The minimum absolute atomic E-state index is 0.0809. The van der Waals surface area contributed by atoms with Crippen LogP contribution < -0.4 is 30.2 Å². The maximum Gasteiger partial charge on any atom is 0.265 e. The zero-order chi connectivity index (χ0) is 23.8. The van der Waals surface area contributed by atoms with Gasteiger partial charge in [-0.2, -0.15) is 4.98 Å². The fourth-order valence-corrected chi connectivity index (χ4v) is 3.71. The van der Waals surface area contributed by atoms with Crippen LogP contribution in [0.1, 0.15) is 12.8 Å². The molecule has 1 atom stereocenters. The number of methoxy groups -OCH3 is 2. The first-order chi connectivity index (χ1) is 16.4. The number of nitrogens with zero attached hydrogens (tertiary/aromatic N) is 2. The number of benzene rings is 2. The maximum atomic E-state index is 14.4. The number of rotatable bonds is 7. The highest BCUT2D eigenvalue weighted by Crippen LogP contribution is 2.41. The number of phenols is 1. The molecule has 34 heavy (non-hydrogen) atoms. The molecule has 1 aliphatic carbocycles. The third kappa shape index (κ3) is 4.19. The van der Waals surface area contributed by atoms with Gasteiger partial charge in [0.25, 0.3) is 5.91 Å². The summed E-state index contributed by atoms with van der Waals surface area (Å²) in [7, 11) is 2.85. The summed E-state index contributed by atoms with van der Waals surface area (Å²) in [6, 6.07) is 8.07. The van der Waals surface area contributed by atoms with E-state index < -0.39 is 11.9 Å². The quantitative estimate of drug-likeness (QED) is 0.409. The lowest BCUT2D eigenvalue weighted by molar-refractivity contribution is -0.124. The molecule has 2 aromatic carbocycles. The summed E-state index contributed by atoms with van der Waals surface area (Å²) in [6.07, 6.45) is 2.52. The highest BCUT2D eigenvalue weighted by Gasteiger charge is 2.40. The number of phenolic OH excluding ortho intramolecular Hbond substituents is 1. The number of carbonyl (C=O) groups excluding carboxylic acids is 1. The van der Waals surface area contributed by atoms with Crippen molar-refractivity contribution < 1.29 is 28.5 Å². The van der Waals surface area contributed by atoms with Crippen molar-refractivity contribution in [2.75, 3.05) is 30.2 Å². The zero-order valence-electron chi connectivity index (χ0n) is 18.4. The average Bonchev–Trinajstić information content (AvgIpc) is 3.65. The number of aromatic nitrogens is 2. The molecule has 1 saturated carbocycles. The van der Waals surface area contributed by atoms with Crippen LogP contribution in [0.3, 0.4) is 0 Å². The van der Waals surface area contributed by atoms with E-state index in [2.05, 4.69) is 25.9 Å². The number of aromatic hydroxyl groups is 1. The van der Waals surface area contributed by atoms with Crippen molar-refractivity contribution in [1.82, 2.24) is 9.97 Å². The van der Waals surface area contributed by atoms with Gasteiger partial charge in [-0.1, -0.05) is 0 Å². The van der Waals surface area contributed by atoms with Crippen LogP contribution in [-0.4, -0.2) is 41.3 Å². The van der Waals surface area contributed by atoms with Gasteiger partial charge in [0.2, 0.25) is 11.7 Å². The van der Waals surface area contributed by atoms with Crippen LogP contribution in [0, 0.1) is 11.7 Å². The summed E-state index contributed by atoms with van der Waals surface area (Å²) in [5.41, 5.74) is 1.41. The van der Waals surface area contributed by atoms with E-state index >= 15 is 0 Å². The van der Waals surface area contributed by atoms with Crippen molar-refractivity contribution in [1.29, 1.82) is 0 Å². The summed E-state index contributed by atoms with van der Waals surface area (Å²) < 4.78 is 30.6. The normalized spacial score (nSPS) is 16.7. The van der Waals surface area contributed by atoms with Crippen molar-refractivity contribution in [2.24, 2.45) is 5.92 Å². The molecule has 2 aliphatic rings. The van der Waals surface area contributed by atoms with Crippen LogP contribution in [0.25, 0.3) is 0 Å². The first-order valence-corrected chi connectivity index (χ1v) is 10.6. The molecule has 3 aromatic rings. The maximum absolute atomic E-state index is 14.4. The largest absolute Gasteiger partial charge is 0.504 e. The van der Waals surface area contributed by atoms with Crippen LogP contribution in [-0.2, 0) is 4.79 Å². The van der Waals surface area contributed by atoms with Crippen molar-refractivity contribution in [3.05, 3.63) is 42.3 Å². The Morgan fingerprint density at radius 2 is 1.97 bits per heavy atom. The average molecular weight is 467 g/mol. The minimum Gasteiger partial charge on any atom is -0.504 e. The lowest BCUT2D eigenvalue weighted by Crippen LogP contribution is -2.38. The SMILES string of the molecule is COc1cc(Nc2ncc(F)c(Nc3ccc4c(c3)NC(=O)C(C3CC3)O4)n2)cc(O)c1OC. The number of hydrogen-bond acceptors (Lipinski definition) is 9. The van der Waals surface area contributed by atoms with Crippen LogP contribution in [0.5, 0.6) is 23.0 Å². The van der Waals surface area contributed by atoms with E-state index in [9.17, 15) is 14.3 Å². The summed E-state index contributed by atoms with van der Waals surface area (Å²) in [6.45, 7) is 0. The highest BCUT2D eigenvalue weighted by atomic mass is 19.1. The summed E-state index contributed by atoms with van der Waals surface area (Å²) in [4.78, 5) is 20.4. The van der Waals surface area contributed by atoms with Gasteiger partial charge in [0.15, 0.2) is 29.2 Å². The molecule has 11 heteroatoms. The van der Waals surface area contributed by atoms with Gasteiger partial charge < -0.3 is 35.3 Å². The molecule has 1 aliphatic heterocycles. The summed E-state index contributed by atoms with van der Waals surface area (Å²) in [5.74, 6) is 0.318. The zero-order valence-corrected chi connectivity index (χ0v) is 18.4. The van der Waals surface area contributed by atoms with Crippen LogP contribution in [0.4, 0.5) is 33.2 Å². The number of amides is 1. The Morgan fingerprint density at radius 1 is 1.15 bits per heavy atom. The molecule has 0 radical (unpaired) electrons. The van der Waals surface area contributed by atoms with Crippen molar-refractivity contribution >= 4 is 34.7 Å². The molecule has 2 heterocycles. The standard InChI is InChI=1S/C23H22FN5O5/c1-32-18-9-13(8-16(30)20(18)33-2)27-23-25-10-14(24)21(29-23)26-12-5-6-17-15(7-12)28-22(31)19(34-17)11-3-4-11/h5-11,19,30H,3-4H2,1-2H3,(H,28,31)(H2,25,26,27,29). The third-order valence-electron chi connectivity index (χ3n) is 5.52. The Bertz CT molecular complexity index is 1270. The Hall–Kier alpha value is -4.28.